The van der Waals surface area contributed by atoms with E-state index in [4.69, 9.17) is 23.1 Å². The zero-order valence-electron chi connectivity index (χ0n) is 11.2. The van der Waals surface area contributed by atoms with E-state index in [1.807, 2.05) is 0 Å². The Hall–Kier alpha value is -0.900. The summed E-state index contributed by atoms with van der Waals surface area (Å²) in [6, 6.07) is -0.282. The lowest BCUT2D eigenvalue weighted by Crippen LogP contribution is -2.47. The standard InChI is InChI=1S/C11H14BrClFN3O3S/c1-4(2)10(11(16)18)17-21(19,20)6-3-5(13)7(12)9(15)8(6)14/h3-4,10,17H,15H2,1-2H3,(H2,16,18). The topological polar surface area (TPSA) is 115 Å². The number of nitrogens with one attached hydrogen (secondary N) is 1. The van der Waals surface area contributed by atoms with Gasteiger partial charge >= 0.3 is 0 Å². The first-order valence-corrected chi connectivity index (χ1v) is 8.39. The van der Waals surface area contributed by atoms with Crippen LogP contribution in [0.2, 0.25) is 5.02 Å². The highest BCUT2D eigenvalue weighted by atomic mass is 79.9. The van der Waals surface area contributed by atoms with Gasteiger partial charge in [0.2, 0.25) is 15.9 Å². The molecule has 10 heteroatoms. The molecule has 0 aromatic heterocycles. The number of sulfonamides is 1. The van der Waals surface area contributed by atoms with Crippen LogP contribution in [0.4, 0.5) is 10.1 Å². The van der Waals surface area contributed by atoms with Gasteiger partial charge in [0.1, 0.15) is 10.9 Å². The monoisotopic (exact) mass is 401 g/mol. The number of hydrogen-bond acceptors (Lipinski definition) is 4. The molecule has 0 radical (unpaired) electrons. The SMILES string of the molecule is CC(C)C(NS(=O)(=O)c1cc(Cl)c(Br)c(N)c1F)C(N)=O. The van der Waals surface area contributed by atoms with E-state index in [-0.39, 0.29) is 9.50 Å². The number of benzene rings is 1. The van der Waals surface area contributed by atoms with E-state index >= 15 is 0 Å². The van der Waals surface area contributed by atoms with Crippen LogP contribution in [0.15, 0.2) is 15.4 Å². The minimum atomic E-state index is -4.35. The van der Waals surface area contributed by atoms with E-state index in [0.717, 1.165) is 6.07 Å². The van der Waals surface area contributed by atoms with Crippen molar-refractivity contribution in [3.05, 3.63) is 21.4 Å². The van der Waals surface area contributed by atoms with E-state index in [1.165, 1.54) is 0 Å². The van der Waals surface area contributed by atoms with E-state index < -0.39 is 44.3 Å². The number of carbonyl (C=O) groups is 1. The summed E-state index contributed by atoms with van der Waals surface area (Å²) in [6.45, 7) is 3.19. The molecule has 0 saturated heterocycles. The van der Waals surface area contributed by atoms with Crippen molar-refractivity contribution in [1.82, 2.24) is 4.72 Å². The van der Waals surface area contributed by atoms with Crippen molar-refractivity contribution in [3.63, 3.8) is 0 Å². The van der Waals surface area contributed by atoms with Crippen LogP contribution in [0.1, 0.15) is 13.8 Å². The van der Waals surface area contributed by atoms with Crippen LogP contribution in [0, 0.1) is 11.7 Å². The molecule has 1 amide bonds. The van der Waals surface area contributed by atoms with Crippen LogP contribution in [0.25, 0.3) is 0 Å². The number of rotatable bonds is 5. The molecule has 1 atom stereocenters. The number of primary amides is 1. The molecule has 0 bridgehead atoms. The summed E-state index contributed by atoms with van der Waals surface area (Å²) in [6.07, 6.45) is 0. The zero-order chi connectivity index (χ0) is 16.5. The maximum atomic E-state index is 14.0. The summed E-state index contributed by atoms with van der Waals surface area (Å²) >= 11 is 8.72. The van der Waals surface area contributed by atoms with Crippen LogP contribution in [-0.2, 0) is 14.8 Å². The van der Waals surface area contributed by atoms with Gasteiger partial charge in [0, 0.05) is 0 Å². The lowest BCUT2D eigenvalue weighted by molar-refractivity contribution is -0.120. The van der Waals surface area contributed by atoms with E-state index in [9.17, 15) is 17.6 Å². The van der Waals surface area contributed by atoms with Gasteiger partial charge in [-0.15, -0.1) is 0 Å². The first kappa shape index (κ1) is 18.1. The summed E-state index contributed by atoms with van der Waals surface area (Å²) in [4.78, 5) is 10.5. The van der Waals surface area contributed by atoms with Crippen molar-refractivity contribution < 1.29 is 17.6 Å². The van der Waals surface area contributed by atoms with Crippen molar-refractivity contribution in [2.45, 2.75) is 24.8 Å². The van der Waals surface area contributed by atoms with E-state index in [0.29, 0.717) is 0 Å². The third-order valence-corrected chi connectivity index (χ3v) is 5.52. The molecule has 0 spiro atoms. The third kappa shape index (κ3) is 3.85. The number of nitrogens with two attached hydrogens (primary N) is 2. The molecule has 118 valence electrons. The molecule has 5 N–H and O–H groups in total. The third-order valence-electron chi connectivity index (χ3n) is 2.70. The van der Waals surface area contributed by atoms with Crippen molar-refractivity contribution in [2.24, 2.45) is 11.7 Å². The lowest BCUT2D eigenvalue weighted by Gasteiger charge is -2.19. The van der Waals surface area contributed by atoms with Gasteiger partial charge in [-0.25, -0.2) is 12.8 Å². The average molecular weight is 403 g/mol. The van der Waals surface area contributed by atoms with Gasteiger partial charge in [0.15, 0.2) is 5.82 Å². The normalized spacial score (nSPS) is 13.4. The molecule has 21 heavy (non-hydrogen) atoms. The fourth-order valence-corrected chi connectivity index (χ4v) is 3.58. The second kappa shape index (κ2) is 6.47. The Kier molecular flexibility index (Phi) is 5.59. The van der Waals surface area contributed by atoms with Gasteiger partial charge in [-0.05, 0) is 27.9 Å². The first-order chi connectivity index (χ1) is 9.49. The molecule has 0 aliphatic rings. The smallest absolute Gasteiger partial charge is 0.244 e. The Bertz CT molecular complexity index is 682. The van der Waals surface area contributed by atoms with Crippen molar-refractivity contribution >= 4 is 49.1 Å². The second-order valence-corrected chi connectivity index (χ2v) is 7.53. The van der Waals surface area contributed by atoms with E-state index in [1.54, 1.807) is 13.8 Å². The van der Waals surface area contributed by atoms with Crippen LogP contribution < -0.4 is 16.2 Å². The van der Waals surface area contributed by atoms with Crippen LogP contribution in [0.5, 0.6) is 0 Å². The molecule has 0 heterocycles. The molecule has 1 aromatic rings. The lowest BCUT2D eigenvalue weighted by atomic mass is 10.1. The zero-order valence-corrected chi connectivity index (χ0v) is 14.3. The molecule has 0 fully saturated rings. The van der Waals surface area contributed by atoms with Crippen LogP contribution in [-0.4, -0.2) is 20.4 Å². The number of halogens is 3. The summed E-state index contributed by atoms with van der Waals surface area (Å²) < 4.78 is 40.5. The average Bonchev–Trinajstić information content (AvgIpc) is 2.37. The summed E-state index contributed by atoms with van der Waals surface area (Å²) in [5, 5.41) is -0.0746. The number of anilines is 1. The summed E-state index contributed by atoms with van der Waals surface area (Å²) in [5.74, 6) is -2.44. The van der Waals surface area contributed by atoms with Crippen LogP contribution >= 0.6 is 27.5 Å². The molecule has 0 saturated carbocycles. The van der Waals surface area contributed by atoms with Gasteiger partial charge in [0.05, 0.1) is 15.2 Å². The number of amides is 1. The fraction of sp³-hybridized carbons (Fsp3) is 0.364. The predicted octanol–water partition coefficient (Wildman–Crippen LogP) is 1.61. The summed E-state index contributed by atoms with van der Waals surface area (Å²) in [5.41, 5.74) is 10.1. The second-order valence-electron chi connectivity index (χ2n) is 4.64. The Labute approximate surface area is 135 Å². The van der Waals surface area contributed by atoms with Crippen molar-refractivity contribution in [3.8, 4) is 0 Å². The highest BCUT2D eigenvalue weighted by molar-refractivity contribution is 9.10. The maximum Gasteiger partial charge on any atom is 0.244 e. The van der Waals surface area contributed by atoms with Crippen molar-refractivity contribution in [2.75, 3.05) is 5.73 Å². The van der Waals surface area contributed by atoms with Gasteiger partial charge < -0.3 is 11.5 Å². The summed E-state index contributed by atoms with van der Waals surface area (Å²) in [7, 11) is -4.35. The quantitative estimate of drug-likeness (QED) is 0.512. The molecule has 1 aromatic carbocycles. The first-order valence-electron chi connectivity index (χ1n) is 5.73. The Morgan fingerprint density at radius 3 is 2.43 bits per heavy atom. The largest absolute Gasteiger partial charge is 0.395 e. The minimum absolute atomic E-state index is 0.0518. The molecular weight excluding hydrogens is 389 g/mol. The van der Waals surface area contributed by atoms with Gasteiger partial charge in [-0.2, -0.15) is 4.72 Å². The molecular formula is C11H14BrClFN3O3S. The highest BCUT2D eigenvalue weighted by Crippen LogP contribution is 2.34. The van der Waals surface area contributed by atoms with Crippen LogP contribution in [0.3, 0.4) is 0 Å². The molecule has 0 aliphatic carbocycles. The number of hydrogen-bond donors (Lipinski definition) is 3. The Morgan fingerprint density at radius 2 is 2.00 bits per heavy atom. The maximum absolute atomic E-state index is 14.0. The minimum Gasteiger partial charge on any atom is -0.395 e. The van der Waals surface area contributed by atoms with Gasteiger partial charge in [0.25, 0.3) is 0 Å². The van der Waals surface area contributed by atoms with E-state index in [2.05, 4.69) is 20.7 Å². The number of carbonyl (C=O) groups excluding carboxylic acids is 1. The molecule has 6 nitrogen and oxygen atoms in total. The molecule has 0 aliphatic heterocycles. The number of nitrogen functional groups attached to an aromatic ring is 1. The van der Waals surface area contributed by atoms with Crippen molar-refractivity contribution in [1.29, 1.82) is 0 Å². The Balaban J connectivity index is 3.36. The fourth-order valence-electron chi connectivity index (χ4n) is 1.55. The van der Waals surface area contributed by atoms with Gasteiger partial charge in [-0.1, -0.05) is 25.4 Å². The predicted molar refractivity (Wildman–Crippen MR) is 81.7 cm³/mol. The molecule has 1 unspecified atom stereocenters. The Morgan fingerprint density at radius 1 is 1.48 bits per heavy atom. The van der Waals surface area contributed by atoms with Gasteiger partial charge in [-0.3, -0.25) is 4.79 Å². The molecule has 1 rings (SSSR count). The highest BCUT2D eigenvalue weighted by Gasteiger charge is 2.30.